The largest absolute Gasteiger partial charge is 0.545 e. The van der Waals surface area contributed by atoms with E-state index < -0.39 is 29.7 Å². The number of aryl methyl sites for hydroxylation is 1. The number of hydrogen-bond acceptors (Lipinski definition) is 6. The van der Waals surface area contributed by atoms with Crippen molar-refractivity contribution in [1.29, 1.82) is 0 Å². The van der Waals surface area contributed by atoms with Crippen molar-refractivity contribution in [3.63, 3.8) is 0 Å². The highest BCUT2D eigenvalue weighted by molar-refractivity contribution is 6.23. The zero-order valence-corrected chi connectivity index (χ0v) is 16.2. The molecule has 0 spiro atoms. The molecule has 0 N–H and O–H groups in total. The van der Waals surface area contributed by atoms with Crippen LogP contribution in [0, 0.1) is 0 Å². The molecule has 154 valence electrons. The zero-order chi connectivity index (χ0) is 21.0. The van der Waals surface area contributed by atoms with E-state index in [0.717, 1.165) is 35.8 Å². The van der Waals surface area contributed by atoms with Crippen LogP contribution in [0.3, 0.4) is 0 Å². The fourth-order valence-corrected chi connectivity index (χ4v) is 3.62. The second kappa shape index (κ2) is 9.00. The van der Waals surface area contributed by atoms with E-state index >= 15 is 0 Å². The van der Waals surface area contributed by atoms with Crippen molar-refractivity contribution < 1.29 is 29.0 Å². The number of amides is 3. The predicted molar refractivity (Wildman–Crippen MR) is 102 cm³/mol. The van der Waals surface area contributed by atoms with Gasteiger partial charge in [-0.2, -0.15) is 0 Å². The van der Waals surface area contributed by atoms with Crippen LogP contribution in [-0.2, 0) is 30.3 Å². The summed E-state index contributed by atoms with van der Waals surface area (Å²) in [6.07, 6.45) is 3.45. The lowest BCUT2D eigenvalue weighted by atomic mass is 10.1. The highest BCUT2D eigenvalue weighted by Crippen LogP contribution is 2.27. The number of carboxylic acid groups (broad SMARTS) is 1. The molecular formula is C21H23N2O6-. The van der Waals surface area contributed by atoms with Gasteiger partial charge in [-0.3, -0.25) is 14.4 Å². The molecule has 3 rings (SSSR count). The minimum atomic E-state index is -1.51. The van der Waals surface area contributed by atoms with E-state index in [1.165, 1.54) is 4.90 Å². The van der Waals surface area contributed by atoms with E-state index in [9.17, 15) is 24.3 Å². The number of carbonyl (C=O) groups excluding carboxylic acids is 4. The second-order valence-electron chi connectivity index (χ2n) is 7.09. The summed E-state index contributed by atoms with van der Waals surface area (Å²) in [7, 11) is 0. The number of anilines is 1. The van der Waals surface area contributed by atoms with Crippen LogP contribution in [0.1, 0.15) is 31.7 Å². The van der Waals surface area contributed by atoms with Crippen molar-refractivity contribution in [2.24, 2.45) is 0 Å². The molecule has 29 heavy (non-hydrogen) atoms. The van der Waals surface area contributed by atoms with Gasteiger partial charge in [0, 0.05) is 19.2 Å². The van der Waals surface area contributed by atoms with E-state index in [1.807, 2.05) is 19.1 Å². The van der Waals surface area contributed by atoms with Gasteiger partial charge in [-0.25, -0.2) is 4.90 Å². The summed E-state index contributed by atoms with van der Waals surface area (Å²) in [5.41, 5.74) is 1.53. The summed E-state index contributed by atoms with van der Waals surface area (Å²) in [4.78, 5) is 51.2. The Hall–Kier alpha value is -3.00. The van der Waals surface area contributed by atoms with E-state index in [2.05, 4.69) is 0 Å². The molecule has 2 heterocycles. The first-order chi connectivity index (χ1) is 13.9. The Morgan fingerprint density at radius 1 is 1.24 bits per heavy atom. The van der Waals surface area contributed by atoms with Crippen molar-refractivity contribution in [3.05, 3.63) is 42.0 Å². The van der Waals surface area contributed by atoms with Crippen molar-refractivity contribution in [2.45, 2.75) is 44.8 Å². The second-order valence-corrected chi connectivity index (χ2v) is 7.09. The topological polar surface area (TPSA) is 107 Å². The quantitative estimate of drug-likeness (QED) is 0.479. The standard InChI is InChI=1S/C21H24N2O6/c1-2-14-5-7-15(8-6-14)23-19(25)12-17(21(23)28)22(13-16-4-3-11-29-16)18(24)9-10-20(26)27/h5-10,16-17H,2-4,11-13H2,1H3,(H,26,27)/p-1/b10-9+. The number of benzene rings is 1. The number of ether oxygens (including phenoxy) is 1. The third-order valence-corrected chi connectivity index (χ3v) is 5.17. The van der Waals surface area contributed by atoms with E-state index in [4.69, 9.17) is 4.74 Å². The molecule has 1 aromatic carbocycles. The Morgan fingerprint density at radius 2 is 1.97 bits per heavy atom. The number of aliphatic carboxylic acids is 1. The Kier molecular flexibility index (Phi) is 6.43. The Labute approximate surface area is 168 Å². The molecular weight excluding hydrogens is 376 g/mol. The summed E-state index contributed by atoms with van der Waals surface area (Å²) in [5.74, 6) is -3.09. The monoisotopic (exact) mass is 399 g/mol. The van der Waals surface area contributed by atoms with Crippen LogP contribution in [0.15, 0.2) is 36.4 Å². The van der Waals surface area contributed by atoms with Gasteiger partial charge in [0.25, 0.3) is 5.91 Å². The summed E-state index contributed by atoms with van der Waals surface area (Å²) >= 11 is 0. The fraction of sp³-hybridized carbons (Fsp3) is 0.429. The molecule has 2 unspecified atom stereocenters. The van der Waals surface area contributed by atoms with E-state index in [0.29, 0.717) is 18.4 Å². The summed E-state index contributed by atoms with van der Waals surface area (Å²) in [6.45, 7) is 2.68. The zero-order valence-electron chi connectivity index (χ0n) is 16.2. The van der Waals surface area contributed by atoms with Crippen LogP contribution in [-0.4, -0.2) is 53.9 Å². The van der Waals surface area contributed by atoms with Crippen LogP contribution < -0.4 is 10.0 Å². The number of nitrogens with zero attached hydrogens (tertiary/aromatic N) is 2. The lowest BCUT2D eigenvalue weighted by Crippen LogP contribution is -2.48. The maximum absolute atomic E-state index is 13.0. The number of carboxylic acids is 1. The first kappa shape index (κ1) is 20.7. The van der Waals surface area contributed by atoms with Crippen LogP contribution in [0.4, 0.5) is 5.69 Å². The van der Waals surface area contributed by atoms with Gasteiger partial charge in [-0.05, 0) is 43.0 Å². The average Bonchev–Trinajstić information content (AvgIpc) is 3.32. The average molecular weight is 399 g/mol. The van der Waals surface area contributed by atoms with Gasteiger partial charge in [-0.15, -0.1) is 0 Å². The van der Waals surface area contributed by atoms with Gasteiger partial charge >= 0.3 is 0 Å². The Balaban J connectivity index is 1.84. The number of rotatable bonds is 7. The van der Waals surface area contributed by atoms with Gasteiger partial charge in [-0.1, -0.05) is 19.1 Å². The molecule has 1 aromatic rings. The van der Waals surface area contributed by atoms with Crippen LogP contribution in [0.2, 0.25) is 0 Å². The molecule has 0 bridgehead atoms. The number of carbonyl (C=O) groups is 4. The first-order valence-corrected chi connectivity index (χ1v) is 9.67. The van der Waals surface area contributed by atoms with Gasteiger partial charge in [0.1, 0.15) is 6.04 Å². The molecule has 2 saturated heterocycles. The maximum atomic E-state index is 13.0. The normalized spacial score (nSPS) is 21.9. The minimum Gasteiger partial charge on any atom is -0.545 e. The van der Waals surface area contributed by atoms with E-state index in [-0.39, 0.29) is 19.1 Å². The molecule has 0 aliphatic carbocycles. The van der Waals surface area contributed by atoms with Crippen LogP contribution in [0.5, 0.6) is 0 Å². The SMILES string of the molecule is CCc1ccc(N2C(=O)CC(N(CC3CCCO3)C(=O)/C=C/C(=O)[O-])C2=O)cc1. The van der Waals surface area contributed by atoms with Crippen LogP contribution >= 0.6 is 0 Å². The third-order valence-electron chi connectivity index (χ3n) is 5.17. The van der Waals surface area contributed by atoms with Gasteiger partial charge in [0.15, 0.2) is 0 Å². The molecule has 0 saturated carbocycles. The Bertz CT molecular complexity index is 826. The highest BCUT2D eigenvalue weighted by Gasteiger charge is 2.44. The summed E-state index contributed by atoms with van der Waals surface area (Å²) in [6, 6.07) is 6.11. The fourth-order valence-electron chi connectivity index (χ4n) is 3.62. The molecule has 3 amide bonds. The lowest BCUT2D eigenvalue weighted by molar-refractivity contribution is -0.297. The van der Waals surface area contributed by atoms with Gasteiger partial charge < -0.3 is 19.5 Å². The van der Waals surface area contributed by atoms with Crippen molar-refractivity contribution in [1.82, 2.24) is 4.90 Å². The molecule has 0 aromatic heterocycles. The summed E-state index contributed by atoms with van der Waals surface area (Å²) < 4.78 is 5.56. The number of hydrogen-bond donors (Lipinski definition) is 0. The third kappa shape index (κ3) is 4.71. The van der Waals surface area contributed by atoms with Crippen LogP contribution in [0.25, 0.3) is 0 Å². The molecule has 8 heteroatoms. The van der Waals surface area contributed by atoms with Crippen molar-refractivity contribution >= 4 is 29.4 Å². The number of imide groups is 1. The molecule has 0 radical (unpaired) electrons. The van der Waals surface area contributed by atoms with Gasteiger partial charge in [0.2, 0.25) is 11.8 Å². The molecule has 2 fully saturated rings. The minimum absolute atomic E-state index is 0.114. The smallest absolute Gasteiger partial charge is 0.257 e. The molecule has 2 aliphatic rings. The first-order valence-electron chi connectivity index (χ1n) is 9.67. The Morgan fingerprint density at radius 3 is 2.55 bits per heavy atom. The predicted octanol–water partition coefficient (Wildman–Crippen LogP) is 0.195. The molecule has 8 nitrogen and oxygen atoms in total. The van der Waals surface area contributed by atoms with E-state index in [1.54, 1.807) is 12.1 Å². The lowest BCUT2D eigenvalue weighted by Gasteiger charge is -2.28. The molecule has 2 aliphatic heterocycles. The maximum Gasteiger partial charge on any atom is 0.257 e. The van der Waals surface area contributed by atoms with Crippen molar-refractivity contribution in [2.75, 3.05) is 18.1 Å². The van der Waals surface area contributed by atoms with Crippen molar-refractivity contribution in [3.8, 4) is 0 Å². The van der Waals surface area contributed by atoms with Gasteiger partial charge in [0.05, 0.1) is 24.2 Å². The molecule has 2 atom stereocenters. The summed E-state index contributed by atoms with van der Waals surface area (Å²) in [5, 5.41) is 10.7. The highest BCUT2D eigenvalue weighted by atomic mass is 16.5.